The van der Waals surface area contributed by atoms with Gasteiger partial charge < -0.3 is 9.73 Å². The second kappa shape index (κ2) is 8.57. The number of anilines is 1. The highest BCUT2D eigenvalue weighted by atomic mass is 16.3. The minimum Gasteiger partial charge on any atom is -0.449 e. The number of nitrogens with one attached hydrogen (secondary N) is 1. The number of Topliss-reactive ketones (excluding diaryl/α,β-unsaturated/α-hetero) is 1. The van der Waals surface area contributed by atoms with Gasteiger partial charge in [0.15, 0.2) is 5.78 Å². The van der Waals surface area contributed by atoms with E-state index in [9.17, 15) is 19.2 Å². The van der Waals surface area contributed by atoms with Gasteiger partial charge in [-0.2, -0.15) is 0 Å². The molecule has 174 valence electrons. The van der Waals surface area contributed by atoms with Gasteiger partial charge in [0.1, 0.15) is 17.6 Å². The van der Waals surface area contributed by atoms with E-state index in [0.717, 1.165) is 10.1 Å². The number of carbonyl (C=O) groups excluding carboxylic acids is 2. The molecule has 1 N–H and O–H groups in total. The largest absolute Gasteiger partial charge is 0.449 e. The molecule has 5 aromatic rings. The molecule has 0 atom stereocenters. The van der Waals surface area contributed by atoms with Crippen LogP contribution < -0.4 is 16.6 Å². The van der Waals surface area contributed by atoms with Crippen molar-refractivity contribution in [1.29, 1.82) is 0 Å². The maximum absolute atomic E-state index is 13.6. The average Bonchev–Trinajstić information content (AvgIpc) is 3.23. The van der Waals surface area contributed by atoms with Gasteiger partial charge in [-0.3, -0.25) is 19.0 Å². The molecule has 8 nitrogen and oxygen atoms in total. The number of aromatic nitrogens is 2. The molecule has 1 amide bonds. The Balaban J connectivity index is 1.65. The summed E-state index contributed by atoms with van der Waals surface area (Å²) in [7, 11) is 0. The van der Waals surface area contributed by atoms with Gasteiger partial charge in [-0.25, -0.2) is 9.36 Å². The minimum absolute atomic E-state index is 0.00927. The Bertz CT molecular complexity index is 1720. The van der Waals surface area contributed by atoms with E-state index in [-0.39, 0.29) is 23.4 Å². The van der Waals surface area contributed by atoms with Crippen molar-refractivity contribution in [3.63, 3.8) is 0 Å². The lowest BCUT2D eigenvalue weighted by Crippen LogP contribution is -2.40. The van der Waals surface area contributed by atoms with Crippen molar-refractivity contribution in [2.24, 2.45) is 0 Å². The second-order valence-corrected chi connectivity index (χ2v) is 8.30. The van der Waals surface area contributed by atoms with Crippen molar-refractivity contribution in [3.8, 4) is 5.69 Å². The molecule has 0 aliphatic carbocycles. The van der Waals surface area contributed by atoms with E-state index in [4.69, 9.17) is 4.42 Å². The summed E-state index contributed by atoms with van der Waals surface area (Å²) >= 11 is 0. The first-order chi connectivity index (χ1) is 16.8. The van der Waals surface area contributed by atoms with Gasteiger partial charge in [-0.1, -0.05) is 29.8 Å². The molecule has 0 aliphatic rings. The quantitative estimate of drug-likeness (QED) is 0.393. The number of aryl methyl sites for hydroxylation is 1. The van der Waals surface area contributed by atoms with Crippen LogP contribution in [-0.2, 0) is 11.3 Å². The maximum Gasteiger partial charge on any atom is 0.336 e. The number of hydrogen-bond donors (Lipinski definition) is 1. The first-order valence-corrected chi connectivity index (χ1v) is 11.0. The first-order valence-electron chi connectivity index (χ1n) is 11.0. The molecule has 0 unspecified atom stereocenters. The topological polar surface area (TPSA) is 103 Å². The van der Waals surface area contributed by atoms with Crippen molar-refractivity contribution < 1.29 is 14.0 Å². The summed E-state index contributed by atoms with van der Waals surface area (Å²) in [6, 6.07) is 20.4. The average molecular weight is 467 g/mol. The SMILES string of the molecule is CC(=O)c1ccc(NC(=O)Cn2c(=O)n(-c3ccc(C)cc3)c(=O)c3oc4ccccc4c32)cc1. The summed E-state index contributed by atoms with van der Waals surface area (Å²) in [6.45, 7) is 3.02. The number of furan rings is 1. The van der Waals surface area contributed by atoms with Crippen molar-refractivity contribution in [1.82, 2.24) is 9.13 Å². The molecule has 2 heterocycles. The van der Waals surface area contributed by atoms with Gasteiger partial charge in [-0.15, -0.1) is 0 Å². The smallest absolute Gasteiger partial charge is 0.336 e. The van der Waals surface area contributed by atoms with Crippen LogP contribution >= 0.6 is 0 Å². The number of rotatable bonds is 5. The third-order valence-corrected chi connectivity index (χ3v) is 5.83. The van der Waals surface area contributed by atoms with Crippen molar-refractivity contribution in [2.75, 3.05) is 5.32 Å². The highest BCUT2D eigenvalue weighted by Crippen LogP contribution is 2.26. The van der Waals surface area contributed by atoms with E-state index in [1.807, 2.05) is 6.92 Å². The number of ketones is 1. The molecule has 0 spiro atoms. The van der Waals surface area contributed by atoms with Crippen molar-refractivity contribution in [2.45, 2.75) is 20.4 Å². The highest BCUT2D eigenvalue weighted by molar-refractivity contribution is 6.03. The standard InChI is InChI=1S/C27H21N3O5/c1-16-7-13-20(14-8-16)30-26(33)25-24(21-5-3-4-6-22(21)35-25)29(27(30)34)15-23(32)28-19-11-9-18(10-12-19)17(2)31/h3-14H,15H2,1-2H3,(H,28,32). The first kappa shape index (κ1) is 22.1. The molecule has 2 aromatic heterocycles. The number of carbonyl (C=O) groups is 2. The Morgan fingerprint density at radius 2 is 1.60 bits per heavy atom. The minimum atomic E-state index is -0.653. The summed E-state index contributed by atoms with van der Waals surface area (Å²) in [4.78, 5) is 51.4. The third-order valence-electron chi connectivity index (χ3n) is 5.83. The van der Waals surface area contributed by atoms with E-state index >= 15 is 0 Å². The fourth-order valence-corrected chi connectivity index (χ4v) is 4.05. The van der Waals surface area contributed by atoms with Crippen LogP contribution in [0, 0.1) is 6.92 Å². The van der Waals surface area contributed by atoms with Gasteiger partial charge in [0.05, 0.1) is 5.69 Å². The Hall–Kier alpha value is -4.72. The number of hydrogen-bond acceptors (Lipinski definition) is 5. The molecule has 5 rings (SSSR count). The van der Waals surface area contributed by atoms with Crippen molar-refractivity contribution in [3.05, 3.63) is 105 Å². The zero-order chi connectivity index (χ0) is 24.7. The van der Waals surface area contributed by atoms with E-state index in [1.54, 1.807) is 72.8 Å². The van der Waals surface area contributed by atoms with Crippen LogP contribution in [0.5, 0.6) is 0 Å². The van der Waals surface area contributed by atoms with Gasteiger partial charge >= 0.3 is 11.2 Å². The zero-order valence-corrected chi connectivity index (χ0v) is 19.1. The molecule has 0 radical (unpaired) electrons. The van der Waals surface area contributed by atoms with Crippen LogP contribution in [0.2, 0.25) is 0 Å². The Morgan fingerprint density at radius 3 is 2.29 bits per heavy atom. The van der Waals surface area contributed by atoms with Crippen LogP contribution in [0.15, 0.2) is 86.8 Å². The number of para-hydroxylation sites is 1. The maximum atomic E-state index is 13.6. The predicted octanol–water partition coefficient (Wildman–Crippen LogP) is 4.05. The zero-order valence-electron chi connectivity index (χ0n) is 19.1. The lowest BCUT2D eigenvalue weighted by Gasteiger charge is -2.12. The molecular weight excluding hydrogens is 446 g/mol. The molecule has 0 saturated carbocycles. The fourth-order valence-electron chi connectivity index (χ4n) is 4.05. The van der Waals surface area contributed by atoms with Gasteiger partial charge in [0, 0.05) is 16.6 Å². The number of benzene rings is 3. The lowest BCUT2D eigenvalue weighted by atomic mass is 10.1. The summed E-state index contributed by atoms with van der Waals surface area (Å²) < 4.78 is 8.11. The normalized spacial score (nSPS) is 11.1. The molecule has 8 heteroatoms. The Morgan fingerprint density at radius 1 is 0.914 bits per heavy atom. The summed E-state index contributed by atoms with van der Waals surface area (Å²) in [6.07, 6.45) is 0. The van der Waals surface area contributed by atoms with Gasteiger partial charge in [-0.05, 0) is 62.4 Å². The molecule has 0 aliphatic heterocycles. The fraction of sp³-hybridized carbons (Fsp3) is 0.111. The lowest BCUT2D eigenvalue weighted by molar-refractivity contribution is -0.116. The van der Waals surface area contributed by atoms with Gasteiger partial charge in [0.2, 0.25) is 11.5 Å². The number of fused-ring (bicyclic) bond motifs is 3. The van der Waals surface area contributed by atoms with E-state index in [0.29, 0.717) is 27.9 Å². The van der Waals surface area contributed by atoms with E-state index in [2.05, 4.69) is 5.32 Å². The van der Waals surface area contributed by atoms with E-state index < -0.39 is 17.2 Å². The van der Waals surface area contributed by atoms with Crippen LogP contribution in [0.25, 0.3) is 27.8 Å². The molecular formula is C27H21N3O5. The molecule has 0 bridgehead atoms. The van der Waals surface area contributed by atoms with Crippen LogP contribution in [0.3, 0.4) is 0 Å². The van der Waals surface area contributed by atoms with E-state index in [1.165, 1.54) is 11.5 Å². The Kier molecular flexibility index (Phi) is 5.41. The molecule has 3 aromatic carbocycles. The third kappa shape index (κ3) is 3.95. The van der Waals surface area contributed by atoms with Crippen LogP contribution in [-0.4, -0.2) is 20.8 Å². The second-order valence-electron chi connectivity index (χ2n) is 8.30. The number of nitrogens with zero attached hydrogens (tertiary/aromatic N) is 2. The predicted molar refractivity (Wildman–Crippen MR) is 133 cm³/mol. The summed E-state index contributed by atoms with van der Waals surface area (Å²) in [5.41, 5.74) is 1.80. The molecule has 35 heavy (non-hydrogen) atoms. The molecule has 0 fully saturated rings. The highest BCUT2D eigenvalue weighted by Gasteiger charge is 2.22. The molecule has 0 saturated heterocycles. The van der Waals surface area contributed by atoms with Crippen LogP contribution in [0.4, 0.5) is 5.69 Å². The Labute approximate surface area is 199 Å². The van der Waals surface area contributed by atoms with Crippen LogP contribution in [0.1, 0.15) is 22.8 Å². The number of amides is 1. The summed E-state index contributed by atoms with van der Waals surface area (Å²) in [5, 5.41) is 3.30. The monoisotopic (exact) mass is 467 g/mol. The summed E-state index contributed by atoms with van der Waals surface area (Å²) in [5.74, 6) is -0.551. The van der Waals surface area contributed by atoms with Crippen molar-refractivity contribution >= 4 is 39.4 Å². The van der Waals surface area contributed by atoms with Gasteiger partial charge in [0.25, 0.3) is 0 Å².